The number of rotatable bonds is 4. The third kappa shape index (κ3) is 2.64. The molecule has 0 radical (unpaired) electrons. The Morgan fingerprint density at radius 3 is 3.10 bits per heavy atom. The van der Waals surface area contributed by atoms with Gasteiger partial charge in [0.15, 0.2) is 0 Å². The van der Waals surface area contributed by atoms with Gasteiger partial charge in [-0.25, -0.2) is 0 Å². The molecule has 102 valence electrons. The Bertz CT molecular complexity index is 624. The van der Waals surface area contributed by atoms with Crippen LogP contribution in [-0.4, -0.2) is 24.2 Å². The molecule has 1 saturated heterocycles. The van der Waals surface area contributed by atoms with Crippen LogP contribution in [0, 0.1) is 11.3 Å². The van der Waals surface area contributed by atoms with Gasteiger partial charge < -0.3 is 4.74 Å². The highest BCUT2D eigenvalue weighted by molar-refractivity contribution is 5.82. The summed E-state index contributed by atoms with van der Waals surface area (Å²) in [6, 6.07) is 11.9. The van der Waals surface area contributed by atoms with Crippen molar-refractivity contribution < 1.29 is 4.74 Å². The summed E-state index contributed by atoms with van der Waals surface area (Å²) in [7, 11) is 0. The van der Waals surface area contributed by atoms with Crippen LogP contribution < -0.4 is 5.32 Å². The first-order valence-electron chi connectivity index (χ1n) is 6.97. The van der Waals surface area contributed by atoms with Crippen molar-refractivity contribution in [2.24, 2.45) is 0 Å². The van der Waals surface area contributed by atoms with Crippen LogP contribution in [0.2, 0.25) is 0 Å². The monoisotopic (exact) mass is 267 g/mol. The first-order chi connectivity index (χ1) is 9.88. The number of hydrogen-bond acceptors (Lipinski definition) is 4. The summed E-state index contributed by atoms with van der Waals surface area (Å²) in [4.78, 5) is 4.41. The molecule has 3 rings (SSSR count). The number of aromatic nitrogens is 1. The molecule has 0 spiro atoms. The Kier molecular flexibility index (Phi) is 3.91. The maximum atomic E-state index is 9.43. The zero-order valence-corrected chi connectivity index (χ0v) is 11.2. The van der Waals surface area contributed by atoms with Gasteiger partial charge in [0.2, 0.25) is 0 Å². The molecule has 1 aliphatic rings. The van der Waals surface area contributed by atoms with Crippen LogP contribution in [0.4, 0.5) is 0 Å². The van der Waals surface area contributed by atoms with Gasteiger partial charge >= 0.3 is 0 Å². The average molecular weight is 267 g/mol. The second-order valence-electron chi connectivity index (χ2n) is 5.03. The molecule has 0 amide bonds. The van der Waals surface area contributed by atoms with E-state index in [1.807, 2.05) is 30.3 Å². The summed E-state index contributed by atoms with van der Waals surface area (Å²) in [6.45, 7) is 1.54. The summed E-state index contributed by atoms with van der Waals surface area (Å²) in [5, 5.41) is 13.8. The van der Waals surface area contributed by atoms with Crippen molar-refractivity contribution in [2.45, 2.75) is 25.0 Å². The van der Waals surface area contributed by atoms with Gasteiger partial charge in [0.25, 0.3) is 0 Å². The lowest BCUT2D eigenvalue weighted by Crippen LogP contribution is -2.29. The highest BCUT2D eigenvalue weighted by Gasteiger charge is 2.19. The largest absolute Gasteiger partial charge is 0.377 e. The van der Waals surface area contributed by atoms with Crippen molar-refractivity contribution in [1.82, 2.24) is 10.3 Å². The van der Waals surface area contributed by atoms with E-state index in [4.69, 9.17) is 4.74 Å². The molecule has 2 aromatic rings. The minimum atomic E-state index is -0.349. The molecule has 1 aromatic heterocycles. The summed E-state index contributed by atoms with van der Waals surface area (Å²) in [5.41, 5.74) is 1.82. The number of ether oxygens (including phenoxy) is 1. The SMILES string of the molecule is N#CC(NCC1CCCO1)c1cccc2cccnc12. The summed E-state index contributed by atoms with van der Waals surface area (Å²) in [5.74, 6) is 0. The highest BCUT2D eigenvalue weighted by Crippen LogP contribution is 2.22. The molecule has 4 heteroatoms. The van der Waals surface area contributed by atoms with Gasteiger partial charge in [-0.05, 0) is 18.9 Å². The van der Waals surface area contributed by atoms with Gasteiger partial charge in [-0.15, -0.1) is 0 Å². The van der Waals surface area contributed by atoms with Crippen LogP contribution >= 0.6 is 0 Å². The number of hydrogen-bond donors (Lipinski definition) is 1. The molecule has 0 saturated carbocycles. The molecule has 0 aliphatic carbocycles. The zero-order valence-electron chi connectivity index (χ0n) is 11.2. The van der Waals surface area contributed by atoms with Crippen molar-refractivity contribution in [3.05, 3.63) is 42.1 Å². The number of fused-ring (bicyclic) bond motifs is 1. The van der Waals surface area contributed by atoms with Gasteiger partial charge in [0, 0.05) is 30.3 Å². The van der Waals surface area contributed by atoms with Crippen LogP contribution in [0.3, 0.4) is 0 Å². The van der Waals surface area contributed by atoms with Gasteiger partial charge in [-0.1, -0.05) is 24.3 Å². The summed E-state index contributed by atoms with van der Waals surface area (Å²) < 4.78 is 5.58. The molecule has 20 heavy (non-hydrogen) atoms. The highest BCUT2D eigenvalue weighted by atomic mass is 16.5. The standard InChI is InChI=1S/C16H17N3O/c17-10-15(19-11-13-6-3-9-20-13)14-7-1-4-12-5-2-8-18-16(12)14/h1-2,4-5,7-8,13,15,19H,3,6,9,11H2. The lowest BCUT2D eigenvalue weighted by molar-refractivity contribution is 0.109. The Hall–Kier alpha value is -1.96. The number of nitrogens with one attached hydrogen (secondary N) is 1. The molecule has 1 N–H and O–H groups in total. The topological polar surface area (TPSA) is 57.9 Å². The molecular weight excluding hydrogens is 250 g/mol. The number of pyridine rings is 1. The van der Waals surface area contributed by atoms with Crippen LogP contribution in [-0.2, 0) is 4.74 Å². The fourth-order valence-electron chi connectivity index (χ4n) is 2.64. The quantitative estimate of drug-likeness (QED) is 0.925. The zero-order chi connectivity index (χ0) is 13.8. The minimum absolute atomic E-state index is 0.230. The van der Waals surface area contributed by atoms with Gasteiger partial charge in [0.05, 0.1) is 17.7 Å². The summed E-state index contributed by atoms with van der Waals surface area (Å²) in [6.07, 6.45) is 4.17. The third-order valence-corrected chi connectivity index (χ3v) is 3.68. The van der Waals surface area contributed by atoms with Crippen LogP contribution in [0.25, 0.3) is 10.9 Å². The van der Waals surface area contributed by atoms with E-state index in [9.17, 15) is 5.26 Å². The van der Waals surface area contributed by atoms with Crippen molar-refractivity contribution in [1.29, 1.82) is 5.26 Å². The molecule has 4 nitrogen and oxygen atoms in total. The normalized spacial score (nSPS) is 19.9. The first kappa shape index (κ1) is 13.0. The molecule has 1 aromatic carbocycles. The molecule has 2 unspecified atom stereocenters. The molecule has 2 atom stereocenters. The van der Waals surface area contributed by atoms with E-state index in [1.165, 1.54) is 0 Å². The lowest BCUT2D eigenvalue weighted by atomic mass is 10.0. The Labute approximate surface area is 118 Å². The van der Waals surface area contributed by atoms with Crippen molar-refractivity contribution in [2.75, 3.05) is 13.2 Å². The van der Waals surface area contributed by atoms with Crippen LogP contribution in [0.1, 0.15) is 24.4 Å². The predicted octanol–water partition coefficient (Wildman–Crippen LogP) is 2.57. The van der Waals surface area contributed by atoms with E-state index in [2.05, 4.69) is 16.4 Å². The molecule has 0 bridgehead atoms. The maximum Gasteiger partial charge on any atom is 0.123 e. The van der Waals surface area contributed by atoms with Gasteiger partial charge in [0.1, 0.15) is 6.04 Å². The van der Waals surface area contributed by atoms with Crippen LogP contribution in [0.15, 0.2) is 36.5 Å². The van der Waals surface area contributed by atoms with Crippen molar-refractivity contribution in [3.63, 3.8) is 0 Å². The minimum Gasteiger partial charge on any atom is -0.377 e. The van der Waals surface area contributed by atoms with E-state index >= 15 is 0 Å². The van der Waals surface area contributed by atoms with E-state index in [0.717, 1.165) is 35.9 Å². The Morgan fingerprint density at radius 1 is 1.40 bits per heavy atom. The number of benzene rings is 1. The predicted molar refractivity (Wildman–Crippen MR) is 77.1 cm³/mol. The van der Waals surface area contributed by atoms with E-state index in [-0.39, 0.29) is 12.1 Å². The molecule has 2 heterocycles. The van der Waals surface area contributed by atoms with Crippen LogP contribution in [0.5, 0.6) is 0 Å². The number of nitriles is 1. The second-order valence-corrected chi connectivity index (χ2v) is 5.03. The van der Waals surface area contributed by atoms with Crippen molar-refractivity contribution in [3.8, 4) is 6.07 Å². The average Bonchev–Trinajstić information content (AvgIpc) is 3.01. The van der Waals surface area contributed by atoms with E-state index in [0.29, 0.717) is 6.54 Å². The third-order valence-electron chi connectivity index (χ3n) is 3.68. The molecule has 1 fully saturated rings. The Balaban J connectivity index is 1.82. The fraction of sp³-hybridized carbons (Fsp3) is 0.375. The number of nitrogens with zero attached hydrogens (tertiary/aromatic N) is 2. The van der Waals surface area contributed by atoms with Gasteiger partial charge in [-0.2, -0.15) is 5.26 Å². The molecule has 1 aliphatic heterocycles. The lowest BCUT2D eigenvalue weighted by Gasteiger charge is -2.16. The first-order valence-corrected chi connectivity index (χ1v) is 6.97. The number of para-hydroxylation sites is 1. The Morgan fingerprint density at radius 2 is 2.30 bits per heavy atom. The molecular formula is C16H17N3O. The summed E-state index contributed by atoms with van der Waals surface area (Å²) >= 11 is 0. The van der Waals surface area contributed by atoms with Gasteiger partial charge in [-0.3, -0.25) is 10.3 Å². The smallest absolute Gasteiger partial charge is 0.123 e. The van der Waals surface area contributed by atoms with E-state index < -0.39 is 0 Å². The van der Waals surface area contributed by atoms with E-state index in [1.54, 1.807) is 6.20 Å². The van der Waals surface area contributed by atoms with Crippen molar-refractivity contribution >= 4 is 10.9 Å². The second kappa shape index (κ2) is 6.00. The maximum absolute atomic E-state index is 9.43. The fourth-order valence-corrected chi connectivity index (χ4v) is 2.64.